The average molecular weight is 317 g/mol. The van der Waals surface area contributed by atoms with Gasteiger partial charge in [0.2, 0.25) is 10.0 Å². The standard InChI is InChI=1S/C14H20FNO4S/c1-10(13(17)20-4)9-21(18,19)16-14(2,3)11-6-5-7-12(15)8-11/h5-8,10,16H,9H2,1-4H3. The fraction of sp³-hybridized carbons (Fsp3) is 0.500. The molecule has 1 aromatic carbocycles. The van der Waals surface area contributed by atoms with Gasteiger partial charge in [0, 0.05) is 0 Å². The monoisotopic (exact) mass is 317 g/mol. The fourth-order valence-corrected chi connectivity index (χ4v) is 3.74. The molecule has 0 radical (unpaired) electrons. The zero-order chi connectivity index (χ0) is 16.3. The summed E-state index contributed by atoms with van der Waals surface area (Å²) in [6.45, 7) is 4.73. The van der Waals surface area contributed by atoms with Crippen molar-refractivity contribution in [2.75, 3.05) is 12.9 Å². The molecule has 0 aliphatic heterocycles. The van der Waals surface area contributed by atoms with Crippen LogP contribution >= 0.6 is 0 Å². The molecule has 1 rings (SSSR count). The van der Waals surface area contributed by atoms with Crippen LogP contribution in [0.4, 0.5) is 4.39 Å². The van der Waals surface area contributed by atoms with Gasteiger partial charge in [-0.2, -0.15) is 0 Å². The number of benzene rings is 1. The Hall–Kier alpha value is -1.47. The van der Waals surface area contributed by atoms with Crippen molar-refractivity contribution in [2.24, 2.45) is 5.92 Å². The maximum atomic E-state index is 13.3. The van der Waals surface area contributed by atoms with Crippen LogP contribution in [0.2, 0.25) is 0 Å². The van der Waals surface area contributed by atoms with Gasteiger partial charge in [-0.15, -0.1) is 0 Å². The normalized spacial score (nSPS) is 13.8. The lowest BCUT2D eigenvalue weighted by molar-refractivity contribution is -0.144. The molecule has 0 aliphatic rings. The van der Waals surface area contributed by atoms with Crippen molar-refractivity contribution in [3.63, 3.8) is 0 Å². The molecule has 1 atom stereocenters. The Bertz CT molecular complexity index is 613. The van der Waals surface area contributed by atoms with Crippen LogP contribution in [0.3, 0.4) is 0 Å². The molecule has 5 nitrogen and oxygen atoms in total. The van der Waals surface area contributed by atoms with Crippen LogP contribution in [0.25, 0.3) is 0 Å². The number of nitrogens with one attached hydrogen (secondary N) is 1. The van der Waals surface area contributed by atoms with Crippen molar-refractivity contribution in [1.82, 2.24) is 4.72 Å². The minimum Gasteiger partial charge on any atom is -0.469 e. The number of carbonyl (C=O) groups excluding carboxylic acids is 1. The zero-order valence-corrected chi connectivity index (χ0v) is 13.3. The van der Waals surface area contributed by atoms with Gasteiger partial charge in [-0.25, -0.2) is 17.5 Å². The van der Waals surface area contributed by atoms with E-state index >= 15 is 0 Å². The van der Waals surface area contributed by atoms with E-state index in [0.29, 0.717) is 5.56 Å². The van der Waals surface area contributed by atoms with Crippen LogP contribution in [-0.2, 0) is 25.1 Å². The third kappa shape index (κ3) is 5.09. The number of carbonyl (C=O) groups is 1. The van der Waals surface area contributed by atoms with Crippen LogP contribution in [0.5, 0.6) is 0 Å². The molecule has 0 bridgehead atoms. The highest BCUT2D eigenvalue weighted by atomic mass is 32.2. The van der Waals surface area contributed by atoms with Crippen molar-refractivity contribution >= 4 is 16.0 Å². The summed E-state index contributed by atoms with van der Waals surface area (Å²) >= 11 is 0. The highest BCUT2D eigenvalue weighted by Gasteiger charge is 2.30. The van der Waals surface area contributed by atoms with Gasteiger partial charge in [0.1, 0.15) is 5.82 Å². The van der Waals surface area contributed by atoms with Gasteiger partial charge in [0.15, 0.2) is 0 Å². The maximum absolute atomic E-state index is 13.3. The van der Waals surface area contributed by atoms with Crippen molar-refractivity contribution in [3.05, 3.63) is 35.6 Å². The summed E-state index contributed by atoms with van der Waals surface area (Å²) < 4.78 is 44.5. The maximum Gasteiger partial charge on any atom is 0.309 e. The average Bonchev–Trinajstić information content (AvgIpc) is 2.35. The lowest BCUT2D eigenvalue weighted by atomic mass is 9.96. The van der Waals surface area contributed by atoms with Gasteiger partial charge in [0.25, 0.3) is 0 Å². The van der Waals surface area contributed by atoms with E-state index < -0.39 is 39.0 Å². The second-order valence-corrected chi connectivity index (χ2v) is 7.21. The van der Waals surface area contributed by atoms with Crippen molar-refractivity contribution < 1.29 is 22.3 Å². The predicted octanol–water partition coefficient (Wildman–Crippen LogP) is 1.79. The summed E-state index contributed by atoms with van der Waals surface area (Å²) in [6, 6.07) is 5.70. The molecule has 0 amide bonds. The van der Waals surface area contributed by atoms with Crippen LogP contribution in [0, 0.1) is 11.7 Å². The number of rotatable bonds is 6. The first-order valence-electron chi connectivity index (χ1n) is 6.43. The molecule has 7 heteroatoms. The second-order valence-electron chi connectivity index (χ2n) is 5.44. The molecule has 21 heavy (non-hydrogen) atoms. The third-order valence-corrected chi connectivity index (χ3v) is 4.79. The molecule has 0 heterocycles. The highest BCUT2D eigenvalue weighted by Crippen LogP contribution is 2.22. The molecule has 0 spiro atoms. The first kappa shape index (κ1) is 17.6. The fourth-order valence-electron chi connectivity index (χ4n) is 1.96. The molecule has 1 N–H and O–H groups in total. The molecule has 0 aromatic heterocycles. The van der Waals surface area contributed by atoms with Crippen LogP contribution < -0.4 is 4.72 Å². The molecule has 118 valence electrons. The molecule has 0 aliphatic carbocycles. The lowest BCUT2D eigenvalue weighted by Crippen LogP contribution is -2.43. The Morgan fingerprint density at radius 2 is 2.05 bits per heavy atom. The topological polar surface area (TPSA) is 72.5 Å². The van der Waals surface area contributed by atoms with Gasteiger partial charge in [-0.1, -0.05) is 19.1 Å². The molecular weight excluding hydrogens is 297 g/mol. The van der Waals surface area contributed by atoms with Gasteiger partial charge >= 0.3 is 5.97 Å². The second kappa shape index (κ2) is 6.53. The Labute approximate surface area is 124 Å². The molecule has 1 aromatic rings. The van der Waals surface area contributed by atoms with E-state index in [-0.39, 0.29) is 0 Å². The summed E-state index contributed by atoms with van der Waals surface area (Å²) in [6.07, 6.45) is 0. The summed E-state index contributed by atoms with van der Waals surface area (Å²) in [4.78, 5) is 11.3. The van der Waals surface area contributed by atoms with Gasteiger partial charge in [0.05, 0.1) is 24.3 Å². The summed E-state index contributed by atoms with van der Waals surface area (Å²) in [5, 5.41) is 0. The van der Waals surface area contributed by atoms with Crippen molar-refractivity contribution in [3.8, 4) is 0 Å². The van der Waals surface area contributed by atoms with E-state index in [2.05, 4.69) is 9.46 Å². The van der Waals surface area contributed by atoms with Gasteiger partial charge < -0.3 is 4.74 Å². The number of ether oxygens (including phenoxy) is 1. The number of hydrogen-bond donors (Lipinski definition) is 1. The highest BCUT2D eigenvalue weighted by molar-refractivity contribution is 7.89. The number of methoxy groups -OCH3 is 1. The first-order chi connectivity index (χ1) is 9.57. The quantitative estimate of drug-likeness (QED) is 0.812. The zero-order valence-electron chi connectivity index (χ0n) is 12.5. The minimum absolute atomic E-state index is 0.390. The van der Waals surface area contributed by atoms with Crippen molar-refractivity contribution in [2.45, 2.75) is 26.3 Å². The Balaban J connectivity index is 2.89. The third-order valence-electron chi connectivity index (χ3n) is 3.03. The Morgan fingerprint density at radius 1 is 1.43 bits per heavy atom. The van der Waals surface area contributed by atoms with Gasteiger partial charge in [-0.3, -0.25) is 4.79 Å². The summed E-state index contributed by atoms with van der Waals surface area (Å²) in [7, 11) is -2.52. The number of sulfonamides is 1. The molecule has 0 saturated carbocycles. The summed E-state index contributed by atoms with van der Waals surface area (Å²) in [5.74, 6) is -2.21. The molecular formula is C14H20FNO4S. The van der Waals surface area contributed by atoms with E-state index in [0.717, 1.165) is 0 Å². The van der Waals surface area contributed by atoms with Crippen LogP contribution in [0.1, 0.15) is 26.3 Å². The van der Waals surface area contributed by atoms with Crippen LogP contribution in [0.15, 0.2) is 24.3 Å². The smallest absolute Gasteiger partial charge is 0.309 e. The number of halogens is 1. The Kier molecular flexibility index (Phi) is 5.47. The van der Waals surface area contributed by atoms with Crippen LogP contribution in [-0.4, -0.2) is 27.2 Å². The minimum atomic E-state index is -3.73. The number of hydrogen-bond acceptors (Lipinski definition) is 4. The Morgan fingerprint density at radius 3 is 2.57 bits per heavy atom. The largest absolute Gasteiger partial charge is 0.469 e. The first-order valence-corrected chi connectivity index (χ1v) is 8.08. The van der Waals surface area contributed by atoms with Crippen molar-refractivity contribution in [1.29, 1.82) is 0 Å². The number of esters is 1. The van der Waals surface area contributed by atoms with E-state index in [1.807, 2.05) is 0 Å². The predicted molar refractivity (Wildman–Crippen MR) is 77.5 cm³/mol. The summed E-state index contributed by atoms with van der Waals surface area (Å²) in [5.41, 5.74) is -0.492. The molecule has 1 unspecified atom stereocenters. The molecule has 0 fully saturated rings. The van der Waals surface area contributed by atoms with E-state index in [1.165, 1.54) is 32.2 Å². The lowest BCUT2D eigenvalue weighted by Gasteiger charge is -2.27. The van der Waals surface area contributed by atoms with E-state index in [4.69, 9.17) is 0 Å². The van der Waals surface area contributed by atoms with E-state index in [9.17, 15) is 17.6 Å². The van der Waals surface area contributed by atoms with E-state index in [1.54, 1.807) is 19.9 Å². The molecule has 0 saturated heterocycles. The van der Waals surface area contributed by atoms with Gasteiger partial charge in [-0.05, 0) is 31.5 Å². The SMILES string of the molecule is COC(=O)C(C)CS(=O)(=O)NC(C)(C)c1cccc(F)c1.